The van der Waals surface area contributed by atoms with E-state index in [1.165, 1.54) is 0 Å². The lowest BCUT2D eigenvalue weighted by molar-refractivity contribution is -0.119. The molecule has 2 aromatic rings. The van der Waals surface area contributed by atoms with E-state index in [2.05, 4.69) is 38.7 Å². The Bertz CT molecular complexity index is 839. The van der Waals surface area contributed by atoms with E-state index in [4.69, 9.17) is 0 Å². The van der Waals surface area contributed by atoms with Crippen molar-refractivity contribution in [2.24, 2.45) is 0 Å². The van der Waals surface area contributed by atoms with Gasteiger partial charge in [0.1, 0.15) is 0 Å². The van der Waals surface area contributed by atoms with Gasteiger partial charge in [-0.05, 0) is 60.7 Å². The largest absolute Gasteiger partial charge is 0.355 e. The highest BCUT2D eigenvalue weighted by Crippen LogP contribution is 2.41. The Kier molecular flexibility index (Phi) is 5.57. The summed E-state index contributed by atoms with van der Waals surface area (Å²) in [6, 6.07) is 15.2. The van der Waals surface area contributed by atoms with Crippen LogP contribution >= 0.6 is 15.9 Å². The van der Waals surface area contributed by atoms with Gasteiger partial charge >= 0.3 is 0 Å². The number of benzene rings is 2. The van der Waals surface area contributed by atoms with Gasteiger partial charge in [-0.1, -0.05) is 40.2 Å². The van der Waals surface area contributed by atoms with Crippen LogP contribution in [0.25, 0.3) is 6.08 Å². The number of carbonyl (C=O) groups excluding carboxylic acids is 2. The van der Waals surface area contributed by atoms with Crippen LogP contribution in [-0.4, -0.2) is 18.9 Å². The molecule has 2 amide bonds. The van der Waals surface area contributed by atoms with E-state index >= 15 is 0 Å². The number of carbonyl (C=O) groups is 2. The van der Waals surface area contributed by atoms with Crippen molar-refractivity contribution >= 4 is 33.8 Å². The first-order chi connectivity index (χ1) is 12.5. The maximum absolute atomic E-state index is 12.4. The zero-order chi connectivity index (χ0) is 18.6. The topological polar surface area (TPSA) is 58.2 Å². The van der Waals surface area contributed by atoms with Gasteiger partial charge in [0.2, 0.25) is 5.91 Å². The number of nitrogens with one attached hydrogen (secondary N) is 2. The van der Waals surface area contributed by atoms with E-state index in [1.54, 1.807) is 31.3 Å². The summed E-state index contributed by atoms with van der Waals surface area (Å²) in [5.74, 6) is -0.237. The van der Waals surface area contributed by atoms with Crippen molar-refractivity contribution in [3.05, 3.63) is 75.8 Å². The summed E-state index contributed by atoms with van der Waals surface area (Å²) in [4.78, 5) is 24.0. The summed E-state index contributed by atoms with van der Waals surface area (Å²) >= 11 is 3.50. The number of halogens is 1. The Morgan fingerprint density at radius 2 is 1.85 bits per heavy atom. The second-order valence-corrected chi connectivity index (χ2v) is 7.39. The molecule has 4 nitrogen and oxygen atoms in total. The molecule has 1 fully saturated rings. The molecule has 134 valence electrons. The molecule has 0 heterocycles. The van der Waals surface area contributed by atoms with Crippen LogP contribution in [0.2, 0.25) is 0 Å². The predicted octanol–water partition coefficient (Wildman–Crippen LogP) is 4.02. The third kappa shape index (κ3) is 4.05. The molecule has 1 saturated carbocycles. The van der Waals surface area contributed by atoms with E-state index in [-0.39, 0.29) is 17.4 Å². The molecule has 26 heavy (non-hydrogen) atoms. The minimum absolute atomic E-state index is 0.111. The van der Waals surface area contributed by atoms with Gasteiger partial charge in [-0.2, -0.15) is 0 Å². The zero-order valence-corrected chi connectivity index (χ0v) is 16.2. The van der Waals surface area contributed by atoms with Gasteiger partial charge in [-0.3, -0.25) is 9.59 Å². The smallest absolute Gasteiger partial charge is 0.251 e. The SMILES string of the molecule is CNC(=O)c1ccc(/C=C/C(=O)NC2(c3cccc(Br)c3)CCC2)cc1. The molecule has 0 spiro atoms. The number of hydrogen-bond donors (Lipinski definition) is 2. The van der Waals surface area contributed by atoms with Crippen LogP contribution in [0.4, 0.5) is 0 Å². The van der Waals surface area contributed by atoms with Crippen molar-refractivity contribution in [3.8, 4) is 0 Å². The van der Waals surface area contributed by atoms with Crippen molar-refractivity contribution in [2.45, 2.75) is 24.8 Å². The molecular weight excluding hydrogens is 392 g/mol. The van der Waals surface area contributed by atoms with Crippen molar-refractivity contribution in [3.63, 3.8) is 0 Å². The molecule has 0 saturated heterocycles. The Hall–Kier alpha value is -2.40. The molecule has 0 atom stereocenters. The lowest BCUT2D eigenvalue weighted by atomic mass is 9.72. The molecule has 0 radical (unpaired) electrons. The van der Waals surface area contributed by atoms with E-state index < -0.39 is 0 Å². The molecular formula is C21H21BrN2O2. The Balaban J connectivity index is 1.68. The van der Waals surface area contributed by atoms with Crippen molar-refractivity contribution in [1.29, 1.82) is 0 Å². The second-order valence-electron chi connectivity index (χ2n) is 6.47. The molecule has 0 bridgehead atoms. The molecule has 2 N–H and O–H groups in total. The first kappa shape index (κ1) is 18.4. The lowest BCUT2D eigenvalue weighted by Gasteiger charge is -2.43. The molecule has 0 aliphatic heterocycles. The summed E-state index contributed by atoms with van der Waals surface area (Å²) in [5, 5.41) is 5.76. The van der Waals surface area contributed by atoms with Crippen LogP contribution in [0.5, 0.6) is 0 Å². The van der Waals surface area contributed by atoms with Gasteiger partial charge in [0.05, 0.1) is 5.54 Å². The monoisotopic (exact) mass is 412 g/mol. The highest BCUT2D eigenvalue weighted by Gasteiger charge is 2.39. The molecule has 2 aromatic carbocycles. The summed E-state index contributed by atoms with van der Waals surface area (Å²) < 4.78 is 1.02. The Morgan fingerprint density at radius 1 is 1.12 bits per heavy atom. The highest BCUT2D eigenvalue weighted by atomic mass is 79.9. The summed E-state index contributed by atoms with van der Waals surface area (Å²) in [7, 11) is 1.60. The van der Waals surface area contributed by atoms with Crippen LogP contribution < -0.4 is 10.6 Å². The van der Waals surface area contributed by atoms with Crippen molar-refractivity contribution in [1.82, 2.24) is 10.6 Å². The standard InChI is InChI=1S/C21H21BrN2O2/c1-23-20(26)16-9-6-15(7-10-16)8-11-19(25)24-21(12-3-13-21)17-4-2-5-18(22)14-17/h2,4-11,14H,3,12-13H2,1H3,(H,23,26)(H,24,25)/b11-8+. The van der Waals surface area contributed by atoms with Crippen LogP contribution in [0.3, 0.4) is 0 Å². The van der Waals surface area contributed by atoms with Gasteiger partial charge in [-0.15, -0.1) is 0 Å². The minimum atomic E-state index is -0.270. The van der Waals surface area contributed by atoms with E-state index in [9.17, 15) is 9.59 Å². The van der Waals surface area contributed by atoms with E-state index in [0.29, 0.717) is 5.56 Å². The first-order valence-electron chi connectivity index (χ1n) is 8.61. The number of rotatable bonds is 5. The van der Waals surface area contributed by atoms with Crippen LogP contribution in [-0.2, 0) is 10.3 Å². The third-order valence-corrected chi connectivity index (χ3v) is 5.27. The summed E-state index contributed by atoms with van der Waals surface area (Å²) in [6.45, 7) is 0. The zero-order valence-electron chi connectivity index (χ0n) is 14.6. The third-order valence-electron chi connectivity index (χ3n) is 4.77. The van der Waals surface area contributed by atoms with Gasteiger partial charge in [0.25, 0.3) is 5.91 Å². The lowest BCUT2D eigenvalue weighted by Crippen LogP contribution is -2.50. The van der Waals surface area contributed by atoms with E-state index in [1.807, 2.05) is 24.3 Å². The maximum atomic E-state index is 12.4. The normalized spacial score (nSPS) is 15.3. The van der Waals surface area contributed by atoms with Crippen molar-refractivity contribution < 1.29 is 9.59 Å². The molecule has 0 unspecified atom stereocenters. The van der Waals surface area contributed by atoms with Gasteiger partial charge < -0.3 is 10.6 Å². The molecule has 0 aromatic heterocycles. The van der Waals surface area contributed by atoms with Gasteiger partial charge in [-0.25, -0.2) is 0 Å². The molecule has 1 aliphatic carbocycles. The van der Waals surface area contributed by atoms with Crippen LogP contribution in [0, 0.1) is 0 Å². The number of hydrogen-bond acceptors (Lipinski definition) is 2. The maximum Gasteiger partial charge on any atom is 0.251 e. The van der Waals surface area contributed by atoms with Gasteiger partial charge in [0.15, 0.2) is 0 Å². The Morgan fingerprint density at radius 3 is 2.42 bits per heavy atom. The predicted molar refractivity (Wildman–Crippen MR) is 107 cm³/mol. The van der Waals surface area contributed by atoms with Crippen LogP contribution in [0.15, 0.2) is 59.1 Å². The number of amides is 2. The summed E-state index contributed by atoms with van der Waals surface area (Å²) in [5.41, 5.74) is 2.33. The van der Waals surface area contributed by atoms with Crippen molar-refractivity contribution in [2.75, 3.05) is 7.05 Å². The quantitative estimate of drug-likeness (QED) is 0.728. The fraction of sp³-hybridized carbons (Fsp3) is 0.238. The van der Waals surface area contributed by atoms with Crippen LogP contribution in [0.1, 0.15) is 40.7 Å². The summed E-state index contributed by atoms with van der Waals surface area (Å²) in [6.07, 6.45) is 6.31. The fourth-order valence-corrected chi connectivity index (χ4v) is 3.54. The fourth-order valence-electron chi connectivity index (χ4n) is 3.14. The molecule has 5 heteroatoms. The highest BCUT2D eigenvalue weighted by molar-refractivity contribution is 9.10. The van der Waals surface area contributed by atoms with E-state index in [0.717, 1.165) is 34.9 Å². The average Bonchev–Trinajstić information content (AvgIpc) is 2.62. The molecule has 1 aliphatic rings. The second kappa shape index (κ2) is 7.87. The average molecular weight is 413 g/mol. The minimum Gasteiger partial charge on any atom is -0.355 e. The first-order valence-corrected chi connectivity index (χ1v) is 9.40. The van der Waals surface area contributed by atoms with Gasteiger partial charge in [0, 0.05) is 23.2 Å². The Labute approximate surface area is 161 Å². The molecule has 3 rings (SSSR count).